The van der Waals surface area contributed by atoms with Gasteiger partial charge in [0.05, 0.1) is 12.7 Å². The average Bonchev–Trinajstić information content (AvgIpc) is 2.92. The highest BCUT2D eigenvalue weighted by atomic mass is 32.1. The molecule has 6 heteroatoms. The van der Waals surface area contributed by atoms with E-state index in [1.807, 2.05) is 35.8 Å². The molecule has 3 rings (SSSR count). The highest BCUT2D eigenvalue weighted by Gasteiger charge is 2.12. The van der Waals surface area contributed by atoms with Crippen LogP contribution in [0.1, 0.15) is 11.1 Å². The van der Waals surface area contributed by atoms with E-state index >= 15 is 0 Å². The molecule has 0 spiro atoms. The first-order chi connectivity index (χ1) is 9.69. The second kappa shape index (κ2) is 4.97. The summed E-state index contributed by atoms with van der Waals surface area (Å²) >= 11 is 1.39. The van der Waals surface area contributed by atoms with Crippen molar-refractivity contribution in [2.45, 2.75) is 6.42 Å². The Labute approximate surface area is 119 Å². The van der Waals surface area contributed by atoms with Gasteiger partial charge in [-0.3, -0.25) is 9.20 Å². The van der Waals surface area contributed by atoms with Crippen LogP contribution >= 0.6 is 11.3 Å². The lowest BCUT2D eigenvalue weighted by molar-refractivity contribution is 0.414. The Balaban J connectivity index is 2.07. The minimum Gasteiger partial charge on any atom is -0.497 e. The predicted octanol–water partition coefficient (Wildman–Crippen LogP) is 1.94. The largest absolute Gasteiger partial charge is 0.497 e. The molecule has 1 aromatic carbocycles. The third-order valence-electron chi connectivity index (χ3n) is 3.13. The van der Waals surface area contributed by atoms with E-state index in [1.165, 1.54) is 11.3 Å². The number of anilines is 1. The number of nitrogen functional groups attached to an aromatic ring is 1. The number of aromatic nitrogens is 2. The van der Waals surface area contributed by atoms with E-state index in [2.05, 4.69) is 4.98 Å². The average molecular weight is 287 g/mol. The zero-order valence-electron chi connectivity index (χ0n) is 10.9. The van der Waals surface area contributed by atoms with Crippen LogP contribution in [-0.4, -0.2) is 16.5 Å². The number of benzene rings is 1. The molecule has 0 saturated heterocycles. The number of hydrogen-bond donors (Lipinski definition) is 1. The number of rotatable bonds is 3. The molecule has 0 aliphatic carbocycles. The van der Waals surface area contributed by atoms with Crippen molar-refractivity contribution in [2.24, 2.45) is 0 Å². The number of nitrogens with zero attached hydrogens (tertiary/aromatic N) is 2. The molecular weight excluding hydrogens is 274 g/mol. The number of methoxy groups -OCH3 is 1. The molecule has 20 heavy (non-hydrogen) atoms. The SMILES string of the molecule is COc1cccc(Cc2c(N)n3ccsc3nc2=O)c1. The first kappa shape index (κ1) is 12.7. The zero-order valence-corrected chi connectivity index (χ0v) is 11.7. The smallest absolute Gasteiger partial charge is 0.279 e. The number of fused-ring (bicyclic) bond motifs is 1. The summed E-state index contributed by atoms with van der Waals surface area (Å²) in [7, 11) is 1.61. The summed E-state index contributed by atoms with van der Waals surface area (Å²) in [5.41, 5.74) is 7.28. The minimum atomic E-state index is -0.271. The van der Waals surface area contributed by atoms with Crippen molar-refractivity contribution < 1.29 is 4.74 Å². The molecule has 2 N–H and O–H groups in total. The van der Waals surface area contributed by atoms with Crippen molar-refractivity contribution in [1.82, 2.24) is 9.38 Å². The molecule has 0 atom stereocenters. The fourth-order valence-electron chi connectivity index (χ4n) is 2.10. The number of thiazole rings is 1. The summed E-state index contributed by atoms with van der Waals surface area (Å²) in [4.78, 5) is 16.7. The van der Waals surface area contributed by atoms with Gasteiger partial charge in [0, 0.05) is 18.0 Å². The van der Waals surface area contributed by atoms with Gasteiger partial charge < -0.3 is 10.5 Å². The van der Waals surface area contributed by atoms with Gasteiger partial charge in [-0.25, -0.2) is 0 Å². The van der Waals surface area contributed by atoms with Crippen LogP contribution in [0.5, 0.6) is 5.75 Å². The lowest BCUT2D eigenvalue weighted by Crippen LogP contribution is -2.18. The Morgan fingerprint density at radius 3 is 3.10 bits per heavy atom. The Hall–Kier alpha value is -2.34. The summed E-state index contributed by atoms with van der Waals surface area (Å²) in [5, 5.41) is 1.85. The Morgan fingerprint density at radius 1 is 1.45 bits per heavy atom. The number of nitrogens with two attached hydrogens (primary N) is 1. The van der Waals surface area contributed by atoms with E-state index < -0.39 is 0 Å². The van der Waals surface area contributed by atoms with Gasteiger partial charge in [-0.05, 0) is 17.7 Å². The molecule has 0 saturated carbocycles. The Morgan fingerprint density at radius 2 is 2.30 bits per heavy atom. The van der Waals surface area contributed by atoms with Crippen molar-refractivity contribution >= 4 is 22.1 Å². The highest BCUT2D eigenvalue weighted by Crippen LogP contribution is 2.19. The summed E-state index contributed by atoms with van der Waals surface area (Å²) in [6, 6.07) is 7.57. The lowest BCUT2D eigenvalue weighted by atomic mass is 10.1. The van der Waals surface area contributed by atoms with E-state index in [9.17, 15) is 4.79 Å². The van der Waals surface area contributed by atoms with Gasteiger partial charge in [-0.2, -0.15) is 4.98 Å². The van der Waals surface area contributed by atoms with Gasteiger partial charge in [0.15, 0.2) is 4.96 Å². The van der Waals surface area contributed by atoms with Crippen LogP contribution in [-0.2, 0) is 6.42 Å². The molecule has 5 nitrogen and oxygen atoms in total. The van der Waals surface area contributed by atoms with Crippen LogP contribution < -0.4 is 16.0 Å². The van der Waals surface area contributed by atoms with Crippen LogP contribution in [0.25, 0.3) is 4.96 Å². The van der Waals surface area contributed by atoms with Crippen molar-refractivity contribution in [3.05, 3.63) is 57.3 Å². The van der Waals surface area contributed by atoms with Crippen LogP contribution in [0.15, 0.2) is 40.6 Å². The monoisotopic (exact) mass is 287 g/mol. The van der Waals surface area contributed by atoms with Crippen LogP contribution in [0.3, 0.4) is 0 Å². The fraction of sp³-hybridized carbons (Fsp3) is 0.143. The van der Waals surface area contributed by atoms with Crippen molar-refractivity contribution in [3.63, 3.8) is 0 Å². The van der Waals surface area contributed by atoms with Crippen molar-refractivity contribution in [2.75, 3.05) is 12.8 Å². The van der Waals surface area contributed by atoms with Gasteiger partial charge in [0.25, 0.3) is 5.56 Å². The van der Waals surface area contributed by atoms with Crippen LogP contribution in [0.2, 0.25) is 0 Å². The third-order valence-corrected chi connectivity index (χ3v) is 3.89. The Kier molecular flexibility index (Phi) is 3.15. The summed E-state index contributed by atoms with van der Waals surface area (Å²) in [5.74, 6) is 1.20. The second-order valence-corrected chi connectivity index (χ2v) is 5.24. The van der Waals surface area contributed by atoms with E-state index in [1.54, 1.807) is 11.5 Å². The minimum absolute atomic E-state index is 0.271. The third kappa shape index (κ3) is 2.14. The fourth-order valence-corrected chi connectivity index (χ4v) is 2.81. The quantitative estimate of drug-likeness (QED) is 0.799. The van der Waals surface area contributed by atoms with Crippen LogP contribution in [0.4, 0.5) is 5.82 Å². The van der Waals surface area contributed by atoms with E-state index in [0.717, 1.165) is 11.3 Å². The normalized spacial score (nSPS) is 10.8. The summed E-state index contributed by atoms with van der Waals surface area (Å²) in [6.07, 6.45) is 2.25. The molecule has 0 fully saturated rings. The molecule has 102 valence electrons. The molecule has 0 radical (unpaired) electrons. The zero-order chi connectivity index (χ0) is 14.1. The number of hydrogen-bond acceptors (Lipinski definition) is 5. The number of ether oxygens (including phenoxy) is 1. The van der Waals surface area contributed by atoms with Gasteiger partial charge in [0.1, 0.15) is 11.6 Å². The van der Waals surface area contributed by atoms with Crippen LogP contribution in [0, 0.1) is 0 Å². The van der Waals surface area contributed by atoms with E-state index in [4.69, 9.17) is 10.5 Å². The van der Waals surface area contributed by atoms with Crippen molar-refractivity contribution in [3.8, 4) is 5.75 Å². The molecule has 2 heterocycles. The topological polar surface area (TPSA) is 69.6 Å². The first-order valence-corrected chi connectivity index (χ1v) is 6.94. The standard InChI is InChI=1S/C14H13N3O2S/c1-19-10-4-2-3-9(7-10)8-11-12(15)17-5-6-20-14(17)16-13(11)18/h2-7H,8,15H2,1H3. The molecular formula is C14H13N3O2S. The van der Waals surface area contributed by atoms with Gasteiger partial charge in [0.2, 0.25) is 0 Å². The second-order valence-electron chi connectivity index (χ2n) is 4.36. The van der Waals surface area contributed by atoms with Crippen molar-refractivity contribution in [1.29, 1.82) is 0 Å². The highest BCUT2D eigenvalue weighted by molar-refractivity contribution is 7.15. The summed E-state index contributed by atoms with van der Waals surface area (Å²) in [6.45, 7) is 0. The van der Waals surface area contributed by atoms with E-state index in [-0.39, 0.29) is 5.56 Å². The maximum absolute atomic E-state index is 12.1. The molecule has 3 aromatic rings. The predicted molar refractivity (Wildman–Crippen MR) is 79.6 cm³/mol. The van der Waals surface area contributed by atoms with Gasteiger partial charge in [-0.15, -0.1) is 11.3 Å². The van der Waals surface area contributed by atoms with Gasteiger partial charge in [-0.1, -0.05) is 12.1 Å². The maximum Gasteiger partial charge on any atom is 0.279 e. The molecule has 0 aliphatic rings. The lowest BCUT2D eigenvalue weighted by Gasteiger charge is -2.07. The first-order valence-electron chi connectivity index (χ1n) is 6.06. The maximum atomic E-state index is 12.1. The molecule has 0 unspecified atom stereocenters. The summed E-state index contributed by atoms with van der Waals surface area (Å²) < 4.78 is 6.92. The molecule has 0 amide bonds. The van der Waals surface area contributed by atoms with E-state index in [0.29, 0.717) is 22.8 Å². The molecule has 0 aliphatic heterocycles. The molecule has 0 bridgehead atoms. The van der Waals surface area contributed by atoms with Gasteiger partial charge >= 0.3 is 0 Å². The Bertz CT molecular complexity index is 823. The molecule has 2 aromatic heterocycles.